The van der Waals surface area contributed by atoms with Crippen LogP contribution in [0.2, 0.25) is 5.02 Å². The van der Waals surface area contributed by atoms with E-state index in [0.29, 0.717) is 10.7 Å². The van der Waals surface area contributed by atoms with Crippen molar-refractivity contribution in [2.75, 3.05) is 5.32 Å². The molecule has 0 fully saturated rings. The quantitative estimate of drug-likeness (QED) is 0.880. The Bertz CT molecular complexity index is 596. The van der Waals surface area contributed by atoms with Crippen molar-refractivity contribution >= 4 is 28.9 Å². The van der Waals surface area contributed by atoms with Crippen LogP contribution in [0.25, 0.3) is 0 Å². The van der Waals surface area contributed by atoms with Gasteiger partial charge in [-0.15, -0.1) is 0 Å². The van der Waals surface area contributed by atoms with Gasteiger partial charge in [0.2, 0.25) is 0 Å². The zero-order valence-corrected chi connectivity index (χ0v) is 10.5. The molecule has 4 heteroatoms. The zero-order valence-electron chi connectivity index (χ0n) is 9.77. The van der Waals surface area contributed by atoms with E-state index in [1.807, 2.05) is 19.1 Å². The lowest BCUT2D eigenvalue weighted by atomic mass is 10.2. The van der Waals surface area contributed by atoms with Gasteiger partial charge in [-0.05, 0) is 36.8 Å². The first-order chi connectivity index (χ1) is 8.59. The van der Waals surface area contributed by atoms with Gasteiger partial charge in [0, 0.05) is 10.7 Å². The van der Waals surface area contributed by atoms with Crippen LogP contribution in [0.15, 0.2) is 42.5 Å². The van der Waals surface area contributed by atoms with E-state index < -0.39 is 5.97 Å². The van der Waals surface area contributed by atoms with Gasteiger partial charge >= 0.3 is 5.97 Å². The molecule has 0 heterocycles. The predicted molar refractivity (Wildman–Crippen MR) is 72.9 cm³/mol. The highest BCUT2D eigenvalue weighted by atomic mass is 35.5. The van der Waals surface area contributed by atoms with E-state index in [4.69, 9.17) is 16.7 Å². The molecule has 2 aromatic carbocycles. The summed E-state index contributed by atoms with van der Waals surface area (Å²) in [5, 5.41) is 12.8. The Labute approximate surface area is 110 Å². The number of benzene rings is 2. The van der Waals surface area contributed by atoms with Gasteiger partial charge in [0.1, 0.15) is 0 Å². The van der Waals surface area contributed by atoms with Gasteiger partial charge in [-0.1, -0.05) is 29.8 Å². The van der Waals surface area contributed by atoms with Gasteiger partial charge in [-0.2, -0.15) is 0 Å². The second-order valence-electron chi connectivity index (χ2n) is 3.89. The average molecular weight is 268 g/mol. The Kier molecular flexibility index (Phi) is 3.53. The first-order valence-electron chi connectivity index (χ1n) is 5.44. The predicted octanol–water partition coefficient (Wildman–Crippen LogP) is 4.09. The second-order valence-corrected chi connectivity index (χ2v) is 4.30. The number of aromatic carboxylic acids is 1. The standard InChI is InChI=1S/C14H12ClNO2/c1-9-11(15)6-4-8-12(9)16-13-7-3-2-5-10(13)14(17)18/h2-8,16H,1H3,(H,17,18)/i2+1,3+1,5+1,7+1,10+1,13+1. The molecule has 0 aliphatic heterocycles. The zero-order chi connectivity index (χ0) is 13.1. The number of anilines is 2. The maximum atomic E-state index is 11.1. The Hall–Kier alpha value is -2.00. The fourth-order valence-electron chi connectivity index (χ4n) is 1.67. The van der Waals surface area contributed by atoms with Crippen LogP contribution >= 0.6 is 11.6 Å². The Morgan fingerprint density at radius 3 is 2.50 bits per heavy atom. The van der Waals surface area contributed by atoms with Crippen molar-refractivity contribution in [3.63, 3.8) is 0 Å². The highest BCUT2D eigenvalue weighted by molar-refractivity contribution is 6.31. The smallest absolute Gasteiger partial charge is 0.337 e. The number of hydrogen-bond acceptors (Lipinski definition) is 2. The van der Waals surface area contributed by atoms with E-state index >= 15 is 0 Å². The summed E-state index contributed by atoms with van der Waals surface area (Å²) in [6.45, 7) is 1.88. The van der Waals surface area contributed by atoms with E-state index in [2.05, 4.69) is 5.32 Å². The van der Waals surface area contributed by atoms with Crippen molar-refractivity contribution in [1.82, 2.24) is 0 Å². The topological polar surface area (TPSA) is 49.3 Å². The Morgan fingerprint density at radius 1 is 1.11 bits per heavy atom. The summed E-state index contributed by atoms with van der Waals surface area (Å²) in [5.41, 5.74) is 2.47. The van der Waals surface area contributed by atoms with Gasteiger partial charge in [0.15, 0.2) is 0 Å². The van der Waals surface area contributed by atoms with Crippen LogP contribution in [0, 0.1) is 6.92 Å². The monoisotopic (exact) mass is 267 g/mol. The summed E-state index contributed by atoms with van der Waals surface area (Å²) in [7, 11) is 0. The average Bonchev–Trinajstić information content (AvgIpc) is 2.35. The lowest BCUT2D eigenvalue weighted by Crippen LogP contribution is -2.03. The van der Waals surface area contributed by atoms with Crippen molar-refractivity contribution < 1.29 is 9.90 Å². The maximum absolute atomic E-state index is 11.1. The molecule has 2 aromatic rings. The number of nitrogens with one attached hydrogen (secondary N) is 1. The molecule has 18 heavy (non-hydrogen) atoms. The fraction of sp³-hybridized carbons (Fsp3) is 0.0714. The molecule has 2 N–H and O–H groups in total. The summed E-state index contributed by atoms with van der Waals surface area (Å²) >= 11 is 6.03. The third-order valence-electron chi connectivity index (χ3n) is 2.69. The SMILES string of the molecule is Cc1c(Cl)cccc1N[13c]1[13cH][13cH][13cH][13cH][13c]1C(=O)O. The molecule has 92 valence electrons. The van der Waals surface area contributed by atoms with E-state index in [9.17, 15) is 4.79 Å². The van der Waals surface area contributed by atoms with Crippen molar-refractivity contribution in [1.29, 1.82) is 0 Å². The van der Waals surface area contributed by atoms with Crippen LogP contribution in [0.4, 0.5) is 11.4 Å². The minimum Gasteiger partial charge on any atom is -0.478 e. The van der Waals surface area contributed by atoms with Gasteiger partial charge in [0.05, 0.1) is 11.3 Å². The molecule has 0 aromatic heterocycles. The van der Waals surface area contributed by atoms with Gasteiger partial charge in [-0.25, -0.2) is 4.79 Å². The number of carboxylic acids is 1. The summed E-state index contributed by atoms with van der Waals surface area (Å²) in [6, 6.07) is 12.2. The van der Waals surface area contributed by atoms with E-state index in [1.54, 1.807) is 30.3 Å². The van der Waals surface area contributed by atoms with Gasteiger partial charge < -0.3 is 10.4 Å². The van der Waals surface area contributed by atoms with E-state index in [1.165, 1.54) is 0 Å². The number of para-hydroxylation sites is 1. The highest BCUT2D eigenvalue weighted by Gasteiger charge is 2.10. The molecule has 0 aliphatic carbocycles. The summed E-state index contributed by atoms with van der Waals surface area (Å²) in [4.78, 5) is 11.1. The molecule has 0 spiro atoms. The first kappa shape index (κ1) is 12.5. The molecule has 0 atom stereocenters. The summed E-state index contributed by atoms with van der Waals surface area (Å²) in [6.07, 6.45) is 0. The van der Waals surface area contributed by atoms with Gasteiger partial charge in [-0.3, -0.25) is 0 Å². The molecule has 0 radical (unpaired) electrons. The molecule has 2 rings (SSSR count). The number of carbonyl (C=O) groups is 1. The Balaban J connectivity index is 2.40. The minimum atomic E-state index is -0.960. The number of halogens is 1. The van der Waals surface area contributed by atoms with E-state index in [-0.39, 0.29) is 5.56 Å². The van der Waals surface area contributed by atoms with Crippen LogP contribution < -0.4 is 5.32 Å². The maximum Gasteiger partial charge on any atom is 0.337 e. The third-order valence-corrected chi connectivity index (χ3v) is 3.10. The lowest BCUT2D eigenvalue weighted by Gasteiger charge is -2.12. The van der Waals surface area contributed by atoms with Crippen LogP contribution in [0.5, 0.6) is 0 Å². The van der Waals surface area contributed by atoms with Crippen LogP contribution in [-0.4, -0.2) is 11.1 Å². The Morgan fingerprint density at radius 2 is 1.78 bits per heavy atom. The fourth-order valence-corrected chi connectivity index (χ4v) is 1.84. The number of carboxylic acid groups (broad SMARTS) is 1. The first-order valence-corrected chi connectivity index (χ1v) is 5.82. The van der Waals surface area contributed by atoms with Crippen LogP contribution in [0.3, 0.4) is 0 Å². The lowest BCUT2D eigenvalue weighted by molar-refractivity contribution is 0.0698. The van der Waals surface area contributed by atoms with E-state index in [0.717, 1.165) is 11.3 Å². The molecule has 0 unspecified atom stereocenters. The summed E-state index contributed by atoms with van der Waals surface area (Å²) in [5.74, 6) is -0.960. The third kappa shape index (κ3) is 2.46. The van der Waals surface area contributed by atoms with Crippen molar-refractivity contribution in [3.05, 3.63) is 58.6 Å². The molecular formula is C14H12ClNO2. The molecule has 0 aliphatic rings. The van der Waals surface area contributed by atoms with Crippen molar-refractivity contribution in [3.8, 4) is 0 Å². The number of rotatable bonds is 3. The van der Waals surface area contributed by atoms with Crippen LogP contribution in [-0.2, 0) is 0 Å². The molecule has 3 nitrogen and oxygen atoms in total. The molecule has 0 saturated carbocycles. The normalized spacial score (nSPS) is 10.1. The molecule has 0 bridgehead atoms. The summed E-state index contributed by atoms with van der Waals surface area (Å²) < 4.78 is 0. The second kappa shape index (κ2) is 5.10. The van der Waals surface area contributed by atoms with Crippen LogP contribution in [0.1, 0.15) is 15.9 Å². The van der Waals surface area contributed by atoms with Crippen molar-refractivity contribution in [2.45, 2.75) is 6.92 Å². The molecule has 0 saturated heterocycles. The highest BCUT2D eigenvalue weighted by Crippen LogP contribution is 2.27. The van der Waals surface area contributed by atoms with Crippen molar-refractivity contribution in [2.24, 2.45) is 0 Å². The van der Waals surface area contributed by atoms with Gasteiger partial charge in [0.25, 0.3) is 0 Å². The largest absolute Gasteiger partial charge is 0.478 e. The number of hydrogen-bond donors (Lipinski definition) is 2. The molecular weight excluding hydrogens is 256 g/mol. The molecule has 0 amide bonds. The minimum absolute atomic E-state index is 0.233.